The molecule has 0 aromatic carbocycles. The van der Waals surface area contributed by atoms with Gasteiger partial charge in [-0.3, -0.25) is 0 Å². The Morgan fingerprint density at radius 2 is 2.25 bits per heavy atom. The summed E-state index contributed by atoms with van der Waals surface area (Å²) in [6, 6.07) is 0. The van der Waals surface area contributed by atoms with Gasteiger partial charge in [-0.25, -0.2) is 4.98 Å². The van der Waals surface area contributed by atoms with Gasteiger partial charge in [0.05, 0.1) is 12.8 Å². The van der Waals surface area contributed by atoms with Crippen molar-refractivity contribution < 1.29 is 4.74 Å². The van der Waals surface area contributed by atoms with Gasteiger partial charge in [0.2, 0.25) is 5.88 Å². The minimum absolute atomic E-state index is 0.451. The highest BCUT2D eigenvalue weighted by Gasteiger charge is 2.08. The topological polar surface area (TPSA) is 34.2 Å². The summed E-state index contributed by atoms with van der Waals surface area (Å²) in [6.45, 7) is 1.93. The Bertz CT molecular complexity index is 289. The zero-order chi connectivity index (χ0) is 9.14. The highest BCUT2D eigenvalue weighted by Crippen LogP contribution is 2.31. The molecule has 0 saturated heterocycles. The second-order valence-electron chi connectivity index (χ2n) is 2.39. The first kappa shape index (κ1) is 9.13. The number of nitrogens with one attached hydrogen (secondary N) is 1. The van der Waals surface area contributed by atoms with Gasteiger partial charge in [-0.1, -0.05) is 11.6 Å². The van der Waals surface area contributed by atoms with Crippen LogP contribution in [0.25, 0.3) is 0 Å². The van der Waals surface area contributed by atoms with E-state index in [1.54, 1.807) is 13.3 Å². The molecule has 0 aliphatic rings. The fourth-order valence-electron chi connectivity index (χ4n) is 1.01. The first-order chi connectivity index (χ1) is 5.70. The quantitative estimate of drug-likeness (QED) is 0.768. The van der Waals surface area contributed by atoms with E-state index in [-0.39, 0.29) is 0 Å². The van der Waals surface area contributed by atoms with Gasteiger partial charge >= 0.3 is 0 Å². The molecule has 1 aromatic rings. The van der Waals surface area contributed by atoms with E-state index in [9.17, 15) is 0 Å². The number of anilines is 1. The molecule has 3 nitrogen and oxygen atoms in total. The van der Waals surface area contributed by atoms with Crippen LogP contribution < -0.4 is 10.1 Å². The third-order valence-electron chi connectivity index (χ3n) is 1.62. The molecule has 0 amide bonds. The van der Waals surface area contributed by atoms with Crippen LogP contribution in [0, 0.1) is 6.92 Å². The Morgan fingerprint density at radius 1 is 1.58 bits per heavy atom. The molecule has 0 atom stereocenters. The van der Waals surface area contributed by atoms with Crippen molar-refractivity contribution in [2.24, 2.45) is 0 Å². The SMILES string of the molecule is CNc1c(C)cnc(OC)c1Cl. The molecule has 12 heavy (non-hydrogen) atoms. The lowest BCUT2D eigenvalue weighted by atomic mass is 10.2. The van der Waals surface area contributed by atoms with Crippen LogP contribution in [0.15, 0.2) is 6.20 Å². The molecule has 0 spiro atoms. The Morgan fingerprint density at radius 3 is 2.75 bits per heavy atom. The van der Waals surface area contributed by atoms with E-state index in [1.165, 1.54) is 0 Å². The van der Waals surface area contributed by atoms with E-state index >= 15 is 0 Å². The average Bonchev–Trinajstić information content (AvgIpc) is 2.06. The van der Waals surface area contributed by atoms with Gasteiger partial charge in [0, 0.05) is 13.2 Å². The molecule has 4 heteroatoms. The average molecular weight is 187 g/mol. The predicted octanol–water partition coefficient (Wildman–Crippen LogP) is 2.09. The summed E-state index contributed by atoms with van der Waals surface area (Å²) in [4.78, 5) is 4.01. The number of aromatic nitrogens is 1. The number of aryl methyl sites for hydroxylation is 1. The van der Waals surface area contributed by atoms with Gasteiger partial charge in [0.15, 0.2) is 0 Å². The molecule has 1 N–H and O–H groups in total. The van der Waals surface area contributed by atoms with Crippen LogP contribution in [0.1, 0.15) is 5.56 Å². The summed E-state index contributed by atoms with van der Waals surface area (Å²) in [7, 11) is 3.36. The number of nitrogens with zero attached hydrogens (tertiary/aromatic N) is 1. The van der Waals surface area contributed by atoms with Crippen molar-refractivity contribution in [1.82, 2.24) is 4.98 Å². The summed E-state index contributed by atoms with van der Waals surface area (Å²) in [5.41, 5.74) is 1.87. The molecule has 0 fully saturated rings. The van der Waals surface area contributed by atoms with E-state index in [1.807, 2.05) is 14.0 Å². The van der Waals surface area contributed by atoms with Crippen LogP contribution in [0.2, 0.25) is 5.02 Å². The van der Waals surface area contributed by atoms with Crippen molar-refractivity contribution in [2.45, 2.75) is 6.92 Å². The zero-order valence-electron chi connectivity index (χ0n) is 7.31. The minimum Gasteiger partial charge on any atom is -0.480 e. The normalized spacial score (nSPS) is 9.67. The van der Waals surface area contributed by atoms with Gasteiger partial charge in [0.25, 0.3) is 0 Å². The number of halogens is 1. The van der Waals surface area contributed by atoms with Crippen LogP contribution in [-0.4, -0.2) is 19.1 Å². The highest BCUT2D eigenvalue weighted by atomic mass is 35.5. The lowest BCUT2D eigenvalue weighted by molar-refractivity contribution is 0.398. The van der Waals surface area contributed by atoms with E-state index in [4.69, 9.17) is 16.3 Å². The molecular formula is C8H11ClN2O. The van der Waals surface area contributed by atoms with Crippen LogP contribution in [0.5, 0.6) is 5.88 Å². The van der Waals surface area contributed by atoms with Crippen molar-refractivity contribution >= 4 is 17.3 Å². The molecule has 0 aliphatic carbocycles. The van der Waals surface area contributed by atoms with E-state index in [0.717, 1.165) is 11.3 Å². The van der Waals surface area contributed by atoms with Crippen molar-refractivity contribution in [3.8, 4) is 5.88 Å². The molecule has 1 aromatic heterocycles. The standard InChI is InChI=1S/C8H11ClN2O/c1-5-4-11-8(12-3)6(9)7(5)10-2/h4H,1-3H3,(H,10,11). The molecule has 0 bridgehead atoms. The number of ether oxygens (including phenoxy) is 1. The Hall–Kier alpha value is -0.960. The van der Waals surface area contributed by atoms with Crippen molar-refractivity contribution in [3.05, 3.63) is 16.8 Å². The van der Waals surface area contributed by atoms with Gasteiger partial charge in [-0.2, -0.15) is 0 Å². The second kappa shape index (κ2) is 3.63. The van der Waals surface area contributed by atoms with Crippen LogP contribution in [0.4, 0.5) is 5.69 Å². The zero-order valence-corrected chi connectivity index (χ0v) is 8.07. The van der Waals surface area contributed by atoms with Crippen LogP contribution in [-0.2, 0) is 0 Å². The monoisotopic (exact) mass is 186 g/mol. The van der Waals surface area contributed by atoms with Crippen molar-refractivity contribution in [1.29, 1.82) is 0 Å². The summed E-state index contributed by atoms with van der Waals surface area (Å²) in [5, 5.41) is 3.51. The molecule has 66 valence electrons. The lowest BCUT2D eigenvalue weighted by Crippen LogP contribution is -1.97. The number of hydrogen-bond donors (Lipinski definition) is 1. The first-order valence-electron chi connectivity index (χ1n) is 3.57. The molecule has 0 saturated carbocycles. The third kappa shape index (κ3) is 1.46. The summed E-state index contributed by atoms with van der Waals surface area (Å²) >= 11 is 5.96. The van der Waals surface area contributed by atoms with Crippen LogP contribution >= 0.6 is 11.6 Å². The smallest absolute Gasteiger partial charge is 0.234 e. The maximum atomic E-state index is 5.96. The Labute approximate surface area is 76.7 Å². The molecule has 0 unspecified atom stereocenters. The summed E-state index contributed by atoms with van der Waals surface area (Å²) in [5.74, 6) is 0.451. The lowest BCUT2D eigenvalue weighted by Gasteiger charge is -2.09. The van der Waals surface area contributed by atoms with Gasteiger partial charge in [-0.05, 0) is 12.5 Å². The molecule has 1 heterocycles. The van der Waals surface area contributed by atoms with Crippen molar-refractivity contribution in [3.63, 3.8) is 0 Å². The van der Waals surface area contributed by atoms with Gasteiger partial charge in [-0.15, -0.1) is 0 Å². The largest absolute Gasteiger partial charge is 0.480 e. The number of hydrogen-bond acceptors (Lipinski definition) is 3. The molecular weight excluding hydrogens is 176 g/mol. The van der Waals surface area contributed by atoms with E-state index in [0.29, 0.717) is 10.9 Å². The number of methoxy groups -OCH3 is 1. The summed E-state index contributed by atoms with van der Waals surface area (Å²) < 4.78 is 4.96. The van der Waals surface area contributed by atoms with E-state index < -0.39 is 0 Å². The fourth-order valence-corrected chi connectivity index (χ4v) is 1.38. The van der Waals surface area contributed by atoms with Gasteiger partial charge < -0.3 is 10.1 Å². The molecule has 0 radical (unpaired) electrons. The summed E-state index contributed by atoms with van der Waals surface area (Å²) in [6.07, 6.45) is 1.72. The molecule has 0 aliphatic heterocycles. The fraction of sp³-hybridized carbons (Fsp3) is 0.375. The minimum atomic E-state index is 0.451. The van der Waals surface area contributed by atoms with Crippen LogP contribution in [0.3, 0.4) is 0 Å². The number of pyridine rings is 1. The first-order valence-corrected chi connectivity index (χ1v) is 3.95. The second-order valence-corrected chi connectivity index (χ2v) is 2.77. The van der Waals surface area contributed by atoms with Crippen molar-refractivity contribution in [2.75, 3.05) is 19.5 Å². The maximum Gasteiger partial charge on any atom is 0.234 e. The number of rotatable bonds is 2. The highest BCUT2D eigenvalue weighted by molar-refractivity contribution is 6.34. The van der Waals surface area contributed by atoms with Gasteiger partial charge in [0.1, 0.15) is 5.02 Å². The van der Waals surface area contributed by atoms with E-state index in [2.05, 4.69) is 10.3 Å². The molecule has 1 rings (SSSR count). The maximum absolute atomic E-state index is 5.96. The Kier molecular flexibility index (Phi) is 2.76. The third-order valence-corrected chi connectivity index (χ3v) is 1.97. The Balaban J connectivity index is 3.24. The predicted molar refractivity (Wildman–Crippen MR) is 50.1 cm³/mol.